The molecular weight excluding hydrogens is 512 g/mol. The summed E-state index contributed by atoms with van der Waals surface area (Å²) in [6.07, 6.45) is 0. The van der Waals surface area contributed by atoms with Crippen molar-refractivity contribution < 1.29 is 4.74 Å². The minimum absolute atomic E-state index is 0.496. The molecule has 0 saturated heterocycles. The molecule has 2 aliphatic rings. The van der Waals surface area contributed by atoms with Gasteiger partial charge in [-0.1, -0.05) is 121 Å². The molecule has 0 amide bonds. The van der Waals surface area contributed by atoms with Crippen LogP contribution in [0.25, 0.3) is 44.4 Å². The van der Waals surface area contributed by atoms with Crippen molar-refractivity contribution in [3.05, 3.63) is 168 Å². The molecule has 196 valence electrons. The van der Waals surface area contributed by atoms with Gasteiger partial charge in [0, 0.05) is 22.3 Å². The van der Waals surface area contributed by atoms with E-state index in [0.717, 1.165) is 45.1 Å². The van der Waals surface area contributed by atoms with Gasteiger partial charge in [0.1, 0.15) is 11.5 Å². The van der Waals surface area contributed by atoms with Gasteiger partial charge in [0.15, 0.2) is 0 Å². The van der Waals surface area contributed by atoms with E-state index in [1.807, 2.05) is 6.07 Å². The smallest absolute Gasteiger partial charge is 0.141 e. The average Bonchev–Trinajstić information content (AvgIpc) is 3.35. The third-order valence-electron chi connectivity index (χ3n) is 8.88. The molecule has 0 unspecified atom stereocenters. The molecule has 1 aliphatic carbocycles. The second kappa shape index (κ2) is 8.73. The van der Waals surface area contributed by atoms with Crippen LogP contribution >= 0.6 is 0 Å². The Morgan fingerprint density at radius 2 is 0.929 bits per heavy atom. The molecule has 0 bridgehead atoms. The number of rotatable bonds is 2. The zero-order valence-corrected chi connectivity index (χ0v) is 22.7. The van der Waals surface area contributed by atoms with Crippen molar-refractivity contribution >= 4 is 10.8 Å². The number of ether oxygens (including phenoxy) is 1. The second-order valence-corrected chi connectivity index (χ2v) is 11.0. The number of para-hydroxylation sites is 2. The summed E-state index contributed by atoms with van der Waals surface area (Å²) in [6.45, 7) is 0. The Hall–Kier alpha value is -5.54. The quantitative estimate of drug-likeness (QED) is 0.221. The zero-order valence-electron chi connectivity index (χ0n) is 22.7. The van der Waals surface area contributed by atoms with Gasteiger partial charge in [-0.15, -0.1) is 10.2 Å². The largest absolute Gasteiger partial charge is 0.456 e. The van der Waals surface area contributed by atoms with Gasteiger partial charge in [-0.05, 0) is 57.3 Å². The first kappa shape index (κ1) is 23.2. The Labute approximate surface area is 243 Å². The summed E-state index contributed by atoms with van der Waals surface area (Å²) >= 11 is 0. The molecule has 0 N–H and O–H groups in total. The summed E-state index contributed by atoms with van der Waals surface area (Å²) in [5.74, 6) is 1.69. The fourth-order valence-corrected chi connectivity index (χ4v) is 7.15. The van der Waals surface area contributed by atoms with E-state index in [1.165, 1.54) is 33.0 Å². The van der Waals surface area contributed by atoms with Crippen LogP contribution < -0.4 is 4.74 Å². The molecule has 1 aromatic heterocycles. The van der Waals surface area contributed by atoms with Crippen molar-refractivity contribution in [1.29, 1.82) is 0 Å². The average molecular weight is 537 g/mol. The standard InChI is InChI=1S/C39H24N2O/c1-2-13-26-25(11-1)12-9-16-29(26)35-23-24-36(41-40-35)30-17-10-21-34-38(30)42-37-22-8-7-20-33(37)39(34)31-18-5-3-14-27(31)28-15-4-6-19-32(28)39/h1-24H. The Balaban J connectivity index is 1.27. The van der Waals surface area contributed by atoms with Crippen LogP contribution in [0.4, 0.5) is 0 Å². The fourth-order valence-electron chi connectivity index (χ4n) is 7.15. The first-order valence-electron chi connectivity index (χ1n) is 14.3. The van der Waals surface area contributed by atoms with Crippen LogP contribution in [0.1, 0.15) is 22.3 Å². The second-order valence-electron chi connectivity index (χ2n) is 11.0. The highest BCUT2D eigenvalue weighted by Gasteiger charge is 2.51. The van der Waals surface area contributed by atoms with Gasteiger partial charge < -0.3 is 4.74 Å². The molecule has 0 fully saturated rings. The summed E-state index contributed by atoms with van der Waals surface area (Å²) < 4.78 is 6.78. The number of hydrogen-bond donors (Lipinski definition) is 0. The highest BCUT2D eigenvalue weighted by atomic mass is 16.5. The maximum Gasteiger partial charge on any atom is 0.141 e. The van der Waals surface area contributed by atoms with Crippen molar-refractivity contribution in [1.82, 2.24) is 10.2 Å². The minimum Gasteiger partial charge on any atom is -0.456 e. The van der Waals surface area contributed by atoms with Crippen molar-refractivity contribution in [2.24, 2.45) is 0 Å². The predicted molar refractivity (Wildman–Crippen MR) is 168 cm³/mol. The van der Waals surface area contributed by atoms with Crippen molar-refractivity contribution in [2.45, 2.75) is 5.41 Å². The number of nitrogens with zero attached hydrogens (tertiary/aromatic N) is 2. The normalized spacial score (nSPS) is 13.6. The molecule has 1 aliphatic heterocycles. The van der Waals surface area contributed by atoms with Crippen LogP contribution in [0, 0.1) is 0 Å². The maximum absolute atomic E-state index is 6.78. The van der Waals surface area contributed by atoms with E-state index >= 15 is 0 Å². The van der Waals surface area contributed by atoms with E-state index in [2.05, 4.69) is 140 Å². The third-order valence-corrected chi connectivity index (χ3v) is 8.88. The monoisotopic (exact) mass is 536 g/mol. The van der Waals surface area contributed by atoms with Crippen molar-refractivity contribution in [3.8, 4) is 45.1 Å². The molecule has 0 atom stereocenters. The molecule has 1 spiro atoms. The van der Waals surface area contributed by atoms with E-state index in [-0.39, 0.29) is 0 Å². The highest BCUT2D eigenvalue weighted by Crippen LogP contribution is 2.62. The van der Waals surface area contributed by atoms with Gasteiger partial charge in [0.2, 0.25) is 0 Å². The molecule has 9 rings (SSSR count). The van der Waals surface area contributed by atoms with E-state index in [4.69, 9.17) is 14.9 Å². The lowest BCUT2D eigenvalue weighted by Gasteiger charge is -2.40. The van der Waals surface area contributed by atoms with E-state index in [9.17, 15) is 0 Å². The van der Waals surface area contributed by atoms with Crippen LogP contribution in [0.3, 0.4) is 0 Å². The highest BCUT2D eigenvalue weighted by molar-refractivity contribution is 5.96. The zero-order chi connectivity index (χ0) is 27.7. The molecule has 7 aromatic rings. The van der Waals surface area contributed by atoms with Crippen molar-refractivity contribution in [3.63, 3.8) is 0 Å². The molecule has 0 radical (unpaired) electrons. The molecule has 3 heteroatoms. The number of aromatic nitrogens is 2. The molecule has 2 heterocycles. The molecular formula is C39H24N2O. The summed E-state index contributed by atoms with van der Waals surface area (Å²) in [5, 5.41) is 11.8. The summed E-state index contributed by atoms with van der Waals surface area (Å²) in [7, 11) is 0. The topological polar surface area (TPSA) is 35.0 Å². The fraction of sp³-hybridized carbons (Fsp3) is 0.0256. The number of benzene rings is 6. The van der Waals surface area contributed by atoms with Crippen molar-refractivity contribution in [2.75, 3.05) is 0 Å². The van der Waals surface area contributed by atoms with Crippen LogP contribution in [0.15, 0.2) is 146 Å². The van der Waals surface area contributed by atoms with E-state index in [0.29, 0.717) is 0 Å². The first-order valence-corrected chi connectivity index (χ1v) is 14.3. The molecule has 6 aromatic carbocycles. The first-order chi connectivity index (χ1) is 20.8. The lowest BCUT2D eigenvalue weighted by Crippen LogP contribution is -2.32. The lowest BCUT2D eigenvalue weighted by atomic mass is 9.65. The Morgan fingerprint density at radius 1 is 0.405 bits per heavy atom. The Bertz CT molecular complexity index is 2130. The Morgan fingerprint density at radius 3 is 1.69 bits per heavy atom. The maximum atomic E-state index is 6.78. The number of fused-ring (bicyclic) bond motifs is 10. The van der Waals surface area contributed by atoms with Crippen LogP contribution in [-0.2, 0) is 5.41 Å². The Kier molecular flexibility index (Phi) is 4.82. The molecule has 42 heavy (non-hydrogen) atoms. The van der Waals surface area contributed by atoms with Gasteiger partial charge in [-0.2, -0.15) is 0 Å². The predicted octanol–water partition coefficient (Wildman–Crippen LogP) is 9.43. The third kappa shape index (κ3) is 3.05. The SMILES string of the molecule is c1ccc2c(c1)Oc1c(-c3ccc(-c4cccc5ccccc45)nn3)cccc1C21c2ccccc2-c2ccccc21. The van der Waals surface area contributed by atoms with Gasteiger partial charge in [-0.25, -0.2) is 0 Å². The van der Waals surface area contributed by atoms with Gasteiger partial charge in [0.05, 0.1) is 16.8 Å². The van der Waals surface area contributed by atoms with Crippen LogP contribution in [0.2, 0.25) is 0 Å². The van der Waals surface area contributed by atoms with E-state index in [1.54, 1.807) is 0 Å². The summed E-state index contributed by atoms with van der Waals surface area (Å²) in [4.78, 5) is 0. The van der Waals surface area contributed by atoms with Crippen LogP contribution in [0.5, 0.6) is 11.5 Å². The van der Waals surface area contributed by atoms with Gasteiger partial charge in [-0.3, -0.25) is 0 Å². The number of hydrogen-bond acceptors (Lipinski definition) is 3. The molecule has 0 saturated carbocycles. The lowest BCUT2D eigenvalue weighted by molar-refractivity contribution is 0.438. The summed E-state index contributed by atoms with van der Waals surface area (Å²) in [5.41, 5.74) is 10.5. The van der Waals surface area contributed by atoms with Gasteiger partial charge in [0.25, 0.3) is 0 Å². The van der Waals surface area contributed by atoms with Crippen LogP contribution in [-0.4, -0.2) is 10.2 Å². The molecule has 3 nitrogen and oxygen atoms in total. The summed E-state index contributed by atoms with van der Waals surface area (Å²) in [6, 6.07) is 51.3. The minimum atomic E-state index is -0.496. The van der Waals surface area contributed by atoms with Gasteiger partial charge >= 0.3 is 0 Å². The van der Waals surface area contributed by atoms with E-state index < -0.39 is 5.41 Å².